The third-order valence-corrected chi connectivity index (χ3v) is 9.55. The second kappa shape index (κ2) is 17.3. The number of nitrogens with zero attached hydrogens (tertiary/aromatic N) is 2. The molecule has 0 radical (unpaired) electrons. The Morgan fingerprint density at radius 1 is 0.685 bits per heavy atom. The van der Waals surface area contributed by atoms with Crippen molar-refractivity contribution in [2.75, 3.05) is 44.4 Å². The van der Waals surface area contributed by atoms with Crippen molar-refractivity contribution in [3.05, 3.63) is 167 Å². The van der Waals surface area contributed by atoms with Crippen LogP contribution in [-0.2, 0) is 24.5 Å². The van der Waals surface area contributed by atoms with Gasteiger partial charge < -0.3 is 23.8 Å². The molecule has 0 aliphatic heterocycles. The van der Waals surface area contributed by atoms with Crippen molar-refractivity contribution in [1.29, 1.82) is 5.26 Å². The Morgan fingerprint density at radius 2 is 1.19 bits per heavy atom. The number of ether oxygens (including phenoxy) is 4. The van der Waals surface area contributed by atoms with Crippen molar-refractivity contribution in [3.63, 3.8) is 0 Å². The highest BCUT2D eigenvalue weighted by Gasteiger charge is 2.45. The molecule has 5 aromatic carbocycles. The maximum absolute atomic E-state index is 12.7. The summed E-state index contributed by atoms with van der Waals surface area (Å²) in [6, 6.07) is 42.6. The monoisotopic (exact) mass is 718 g/mol. The molecule has 54 heavy (non-hydrogen) atoms. The lowest BCUT2D eigenvalue weighted by Crippen LogP contribution is -2.28. The zero-order valence-electron chi connectivity index (χ0n) is 30.5. The first kappa shape index (κ1) is 37.2. The van der Waals surface area contributed by atoms with Crippen LogP contribution in [0.25, 0.3) is 17.2 Å². The highest BCUT2D eigenvalue weighted by atomic mass is 16.6. The minimum absolute atomic E-state index is 0.0176. The average molecular weight is 719 g/mol. The van der Waals surface area contributed by atoms with Crippen molar-refractivity contribution in [3.8, 4) is 28.7 Å². The second-order valence-electron chi connectivity index (χ2n) is 12.5. The number of esters is 2. The Balaban J connectivity index is 1.16. The lowest BCUT2D eigenvalue weighted by Gasteiger charge is -2.34. The third-order valence-electron chi connectivity index (χ3n) is 9.55. The van der Waals surface area contributed by atoms with Gasteiger partial charge in [-0.25, -0.2) is 9.59 Å². The number of benzene rings is 5. The van der Waals surface area contributed by atoms with Gasteiger partial charge in [-0.3, -0.25) is 0 Å². The van der Waals surface area contributed by atoms with E-state index in [0.717, 1.165) is 52.7 Å². The summed E-state index contributed by atoms with van der Waals surface area (Å²) < 4.78 is 22.3. The van der Waals surface area contributed by atoms with Gasteiger partial charge in [-0.1, -0.05) is 91.5 Å². The fraction of sp³-hybridized carbons (Fsp3) is 0.196. The highest BCUT2D eigenvalue weighted by Crippen LogP contribution is 2.56. The first-order chi connectivity index (χ1) is 26.4. The van der Waals surface area contributed by atoms with E-state index in [1.807, 2.05) is 54.6 Å². The molecule has 6 rings (SSSR count). The number of nitriles is 1. The lowest BCUT2D eigenvalue weighted by atomic mass is 9.68. The number of hydrogen-bond acceptors (Lipinski definition) is 8. The van der Waals surface area contributed by atoms with Gasteiger partial charge in [0, 0.05) is 24.9 Å². The van der Waals surface area contributed by atoms with Crippen molar-refractivity contribution in [1.82, 2.24) is 0 Å². The molecule has 5 aromatic rings. The topological polar surface area (TPSA) is 98.1 Å². The quantitative estimate of drug-likeness (QED) is 0.0425. The molecule has 0 heterocycles. The zero-order valence-corrected chi connectivity index (χ0v) is 30.5. The van der Waals surface area contributed by atoms with Crippen LogP contribution in [0, 0.1) is 11.3 Å². The van der Waals surface area contributed by atoms with Gasteiger partial charge in [0.15, 0.2) is 0 Å². The standard InChI is InChI=1S/C46H42N2O6/c1-4-44(49)53-29-27-51-38-23-17-35(18-24-38)46(42-13-9-7-11-40(42)41-12-8-10-14-43(41)46)36-19-25-39(26-20-36)52-28-30-54-45(50)34(32-47)31-33-15-21-37(22-16-33)48(5-2)6-3/h4,7-26,31H,1,5-6,27-30H2,2-3H3. The summed E-state index contributed by atoms with van der Waals surface area (Å²) in [6.45, 7) is 9.84. The van der Waals surface area contributed by atoms with E-state index in [-0.39, 0.29) is 32.0 Å². The molecule has 0 atom stereocenters. The van der Waals surface area contributed by atoms with E-state index >= 15 is 0 Å². The Hall–Kier alpha value is -6.59. The first-order valence-electron chi connectivity index (χ1n) is 18.0. The van der Waals surface area contributed by atoms with E-state index in [0.29, 0.717) is 11.5 Å². The largest absolute Gasteiger partial charge is 0.490 e. The first-order valence-corrected chi connectivity index (χ1v) is 18.0. The molecule has 0 N–H and O–H groups in total. The lowest BCUT2D eigenvalue weighted by molar-refractivity contribution is -0.139. The van der Waals surface area contributed by atoms with Crippen LogP contribution in [0.2, 0.25) is 0 Å². The van der Waals surface area contributed by atoms with Gasteiger partial charge in [0.25, 0.3) is 0 Å². The predicted octanol–water partition coefficient (Wildman–Crippen LogP) is 8.53. The SMILES string of the molecule is C=CC(=O)OCCOc1ccc(C2(c3ccc(OCCOC(=O)C(C#N)=Cc4ccc(N(CC)CC)cc4)cc3)c3ccccc3-c3ccccc32)cc1. The molecule has 1 aliphatic carbocycles. The summed E-state index contributed by atoms with van der Waals surface area (Å²) in [5, 5.41) is 9.65. The minimum atomic E-state index is -0.697. The molecule has 1 aliphatic rings. The summed E-state index contributed by atoms with van der Waals surface area (Å²) >= 11 is 0. The molecule has 0 unspecified atom stereocenters. The summed E-state index contributed by atoms with van der Waals surface area (Å²) in [5.74, 6) is 0.0987. The van der Waals surface area contributed by atoms with E-state index in [1.54, 1.807) is 0 Å². The summed E-state index contributed by atoms with van der Waals surface area (Å²) in [6.07, 6.45) is 2.66. The van der Waals surface area contributed by atoms with Crippen LogP contribution in [-0.4, -0.2) is 51.5 Å². The molecule has 0 saturated heterocycles. The molecular weight excluding hydrogens is 677 g/mol. The van der Waals surface area contributed by atoms with E-state index in [4.69, 9.17) is 18.9 Å². The molecular formula is C46H42N2O6. The molecule has 0 fully saturated rings. The number of fused-ring (bicyclic) bond motifs is 3. The number of hydrogen-bond donors (Lipinski definition) is 0. The van der Waals surface area contributed by atoms with Crippen molar-refractivity contribution in [2.45, 2.75) is 19.3 Å². The predicted molar refractivity (Wildman–Crippen MR) is 210 cm³/mol. The fourth-order valence-corrected chi connectivity index (χ4v) is 7.03. The molecule has 0 spiro atoms. The Labute approximate surface area is 316 Å². The van der Waals surface area contributed by atoms with Gasteiger partial charge in [-0.15, -0.1) is 0 Å². The Morgan fingerprint density at radius 3 is 1.67 bits per heavy atom. The van der Waals surface area contributed by atoms with E-state index in [2.05, 4.69) is 98.1 Å². The van der Waals surface area contributed by atoms with E-state index in [9.17, 15) is 14.9 Å². The average Bonchev–Trinajstić information content (AvgIpc) is 3.52. The number of anilines is 1. The van der Waals surface area contributed by atoms with E-state index in [1.165, 1.54) is 17.2 Å². The van der Waals surface area contributed by atoms with Gasteiger partial charge in [0.1, 0.15) is 49.6 Å². The van der Waals surface area contributed by atoms with Crippen LogP contribution in [0.1, 0.15) is 41.7 Å². The second-order valence-corrected chi connectivity index (χ2v) is 12.5. The van der Waals surface area contributed by atoms with Crippen LogP contribution in [0.15, 0.2) is 140 Å². The third kappa shape index (κ3) is 7.76. The summed E-state index contributed by atoms with van der Waals surface area (Å²) in [7, 11) is 0. The maximum atomic E-state index is 12.7. The van der Waals surface area contributed by atoms with Crippen LogP contribution >= 0.6 is 0 Å². The van der Waals surface area contributed by atoms with Crippen LogP contribution < -0.4 is 14.4 Å². The minimum Gasteiger partial charge on any atom is -0.490 e. The molecule has 0 amide bonds. The Kier molecular flexibility index (Phi) is 11.9. The van der Waals surface area contributed by atoms with Crippen LogP contribution in [0.3, 0.4) is 0 Å². The van der Waals surface area contributed by atoms with Crippen LogP contribution in [0.5, 0.6) is 11.5 Å². The van der Waals surface area contributed by atoms with Gasteiger partial charge in [0.2, 0.25) is 0 Å². The number of rotatable bonds is 16. The molecule has 0 aromatic heterocycles. The summed E-state index contributed by atoms with van der Waals surface area (Å²) in [4.78, 5) is 26.3. The maximum Gasteiger partial charge on any atom is 0.349 e. The van der Waals surface area contributed by atoms with Gasteiger partial charge in [-0.05, 0) is 95.3 Å². The van der Waals surface area contributed by atoms with Gasteiger partial charge in [0.05, 0.1) is 5.41 Å². The summed E-state index contributed by atoms with van der Waals surface area (Å²) in [5.41, 5.74) is 7.91. The van der Waals surface area contributed by atoms with Gasteiger partial charge in [-0.2, -0.15) is 5.26 Å². The molecule has 8 heteroatoms. The van der Waals surface area contributed by atoms with Crippen molar-refractivity contribution in [2.24, 2.45) is 0 Å². The Bertz CT molecular complexity index is 2120. The molecule has 0 bridgehead atoms. The van der Waals surface area contributed by atoms with Crippen LogP contribution in [0.4, 0.5) is 5.69 Å². The van der Waals surface area contributed by atoms with Gasteiger partial charge >= 0.3 is 11.9 Å². The normalized spacial score (nSPS) is 12.4. The zero-order chi connectivity index (χ0) is 37.9. The smallest absolute Gasteiger partial charge is 0.349 e. The number of carbonyl (C=O) groups is 2. The van der Waals surface area contributed by atoms with Crippen molar-refractivity contribution < 1.29 is 28.5 Å². The van der Waals surface area contributed by atoms with E-state index < -0.39 is 17.4 Å². The molecule has 272 valence electrons. The fourth-order valence-electron chi connectivity index (χ4n) is 7.03. The molecule has 8 nitrogen and oxygen atoms in total. The molecule has 0 saturated carbocycles. The van der Waals surface area contributed by atoms with Crippen molar-refractivity contribution >= 4 is 23.7 Å². The highest BCUT2D eigenvalue weighted by molar-refractivity contribution is 5.98. The number of carbonyl (C=O) groups excluding carboxylic acids is 2.